The van der Waals surface area contributed by atoms with Gasteiger partial charge in [0, 0.05) is 0 Å². The molecule has 4 fully saturated rings. The topological polar surface area (TPSA) is 68.2 Å². The van der Waals surface area contributed by atoms with E-state index in [-0.39, 0.29) is 12.2 Å². The van der Waals surface area contributed by atoms with Crippen LogP contribution in [-0.2, 0) is 37.0 Å². The van der Waals surface area contributed by atoms with Crippen molar-refractivity contribution in [3.05, 3.63) is 0 Å². The maximum absolute atomic E-state index is 10.3. The predicted molar refractivity (Wildman–Crippen MR) is 94.7 cm³/mol. The molecule has 4 aliphatic rings. The Morgan fingerprint density at radius 2 is 1.13 bits per heavy atom. The molecule has 0 aromatic rings. The van der Waals surface area contributed by atoms with Crippen molar-refractivity contribution in [2.75, 3.05) is 0 Å². The molecule has 0 aliphatic heterocycles. The summed E-state index contributed by atoms with van der Waals surface area (Å²) in [4.78, 5) is 20.7. The van der Waals surface area contributed by atoms with Crippen molar-refractivity contribution in [1.82, 2.24) is 0 Å². The summed E-state index contributed by atoms with van der Waals surface area (Å²) in [6.07, 6.45) is 8.77. The van der Waals surface area contributed by atoms with Crippen LogP contribution in [0.3, 0.4) is 0 Å². The molecule has 0 aromatic heterocycles. The smallest absolute Gasteiger partial charge is 0.324 e. The van der Waals surface area contributed by atoms with Gasteiger partial charge >= 0.3 is 13.4 Å². The second kappa shape index (κ2) is 6.37. The minimum absolute atomic E-state index is 0.0536. The molecule has 132 valence electrons. The molecule has 9 heteroatoms. The lowest BCUT2D eigenvalue weighted by molar-refractivity contribution is 0.0967. The Kier molecular flexibility index (Phi) is 4.85. The van der Waals surface area contributed by atoms with Crippen molar-refractivity contribution in [1.29, 1.82) is 0 Å². The second-order valence-corrected chi connectivity index (χ2v) is 13.4. The van der Waals surface area contributed by atoms with Gasteiger partial charge in [-0.3, -0.25) is 0 Å². The van der Waals surface area contributed by atoms with Crippen LogP contribution in [0.5, 0.6) is 0 Å². The molecule has 4 saturated carbocycles. The number of hydrogen-bond acceptors (Lipinski definition) is 5. The molecule has 8 unspecified atom stereocenters. The third-order valence-electron chi connectivity index (χ3n) is 6.09. The molecule has 0 saturated heterocycles. The van der Waals surface area contributed by atoms with E-state index in [2.05, 4.69) is 0 Å². The van der Waals surface area contributed by atoms with Crippen LogP contribution in [0.1, 0.15) is 51.4 Å². The molecule has 0 spiro atoms. The summed E-state index contributed by atoms with van der Waals surface area (Å²) < 4.78 is 16.6. The summed E-state index contributed by atoms with van der Waals surface area (Å²) in [7, 11) is 0. The zero-order valence-corrected chi connectivity index (χ0v) is 16.4. The van der Waals surface area contributed by atoms with Gasteiger partial charge < -0.3 is 18.8 Å². The molecule has 8 atom stereocenters. The lowest BCUT2D eigenvalue weighted by Crippen LogP contribution is -2.21. The number of rotatable bonds is 6. The first-order chi connectivity index (χ1) is 10.8. The Morgan fingerprint density at radius 1 is 0.696 bits per heavy atom. The van der Waals surface area contributed by atoms with Crippen LogP contribution in [-0.4, -0.2) is 22.0 Å². The molecular formula is C14H24O5P2S2. The van der Waals surface area contributed by atoms with Crippen LogP contribution >= 0.6 is 13.4 Å². The monoisotopic (exact) mass is 398 g/mol. The molecule has 2 N–H and O–H groups in total. The Bertz CT molecular complexity index is 525. The lowest BCUT2D eigenvalue weighted by atomic mass is 9.98. The van der Waals surface area contributed by atoms with Crippen molar-refractivity contribution in [3.63, 3.8) is 0 Å². The van der Waals surface area contributed by atoms with Gasteiger partial charge in [0.25, 0.3) is 0 Å². The highest BCUT2D eigenvalue weighted by Crippen LogP contribution is 2.65. The third-order valence-corrected chi connectivity index (χ3v) is 10.5. The standard InChI is InChI=1S/C14H24O5P2S2/c15-20(22,17-13-7-9-1-3-11(13)5-9)19-21(16,23)18-14-8-10-2-4-12(14)6-10/h9-14H,1-8H2,(H,15,22)(H,16,23). The van der Waals surface area contributed by atoms with E-state index in [4.69, 9.17) is 37.0 Å². The van der Waals surface area contributed by atoms with E-state index in [1.807, 2.05) is 0 Å². The Morgan fingerprint density at radius 3 is 1.43 bits per heavy atom. The molecule has 4 rings (SSSR count). The van der Waals surface area contributed by atoms with Gasteiger partial charge in [0.15, 0.2) is 0 Å². The van der Waals surface area contributed by atoms with E-state index >= 15 is 0 Å². The third kappa shape index (κ3) is 3.94. The zero-order valence-electron chi connectivity index (χ0n) is 13.0. The minimum atomic E-state index is -3.56. The largest absolute Gasteiger partial charge is 0.332 e. The molecule has 0 heterocycles. The van der Waals surface area contributed by atoms with E-state index in [1.54, 1.807) is 0 Å². The van der Waals surface area contributed by atoms with Gasteiger partial charge in [0.2, 0.25) is 0 Å². The van der Waals surface area contributed by atoms with E-state index in [9.17, 15) is 9.79 Å². The van der Waals surface area contributed by atoms with Crippen LogP contribution < -0.4 is 0 Å². The van der Waals surface area contributed by atoms with Crippen LogP contribution in [0.25, 0.3) is 0 Å². The predicted octanol–water partition coefficient (Wildman–Crippen LogP) is 3.85. The van der Waals surface area contributed by atoms with E-state index in [1.165, 1.54) is 12.8 Å². The van der Waals surface area contributed by atoms with Gasteiger partial charge in [0.05, 0.1) is 12.2 Å². The maximum Gasteiger partial charge on any atom is 0.332 e. The highest BCUT2D eigenvalue weighted by atomic mass is 32.5. The highest BCUT2D eigenvalue weighted by Gasteiger charge is 2.45. The molecule has 0 amide bonds. The molecule has 23 heavy (non-hydrogen) atoms. The molecule has 4 aliphatic carbocycles. The molecule has 0 radical (unpaired) electrons. The Balaban J connectivity index is 1.33. The molecule has 5 nitrogen and oxygen atoms in total. The van der Waals surface area contributed by atoms with Crippen molar-refractivity contribution >= 4 is 37.1 Å². The number of hydrogen-bond donors (Lipinski definition) is 2. The summed E-state index contributed by atoms with van der Waals surface area (Å²) in [5.41, 5.74) is 0. The van der Waals surface area contributed by atoms with E-state index < -0.39 is 13.4 Å². The minimum Gasteiger partial charge on any atom is -0.324 e. The summed E-state index contributed by atoms with van der Waals surface area (Å²) in [5.74, 6) is 2.28. The van der Waals surface area contributed by atoms with E-state index in [0.29, 0.717) is 23.7 Å². The molecule has 0 aromatic carbocycles. The fourth-order valence-electron chi connectivity index (χ4n) is 5.14. The van der Waals surface area contributed by atoms with Crippen LogP contribution in [0.2, 0.25) is 0 Å². The van der Waals surface area contributed by atoms with Gasteiger partial charge in [-0.25, -0.2) is 4.31 Å². The summed E-state index contributed by atoms with van der Waals surface area (Å²) in [6.45, 7) is -7.13. The van der Waals surface area contributed by atoms with Crippen molar-refractivity contribution in [2.24, 2.45) is 23.7 Å². The Hall–Kier alpha value is 1.10. The Labute approximate surface area is 147 Å². The zero-order chi connectivity index (χ0) is 16.2. The summed E-state index contributed by atoms with van der Waals surface area (Å²) in [6, 6.07) is 0. The second-order valence-electron chi connectivity index (χ2n) is 7.66. The first-order valence-corrected chi connectivity index (χ1v) is 13.7. The average Bonchev–Trinajstić information content (AvgIpc) is 3.15. The van der Waals surface area contributed by atoms with Gasteiger partial charge in [-0.15, -0.1) is 0 Å². The normalized spacial score (nSPS) is 46.9. The maximum atomic E-state index is 10.3. The quantitative estimate of drug-likeness (QED) is 0.659. The highest BCUT2D eigenvalue weighted by molar-refractivity contribution is 8.14. The average molecular weight is 398 g/mol. The summed E-state index contributed by atoms with van der Waals surface area (Å²) >= 11 is 10.2. The van der Waals surface area contributed by atoms with Crippen LogP contribution in [0.4, 0.5) is 0 Å². The molecule has 4 bridgehead atoms. The van der Waals surface area contributed by atoms with Gasteiger partial charge in [-0.05, 0) is 98.7 Å². The van der Waals surface area contributed by atoms with Crippen LogP contribution in [0, 0.1) is 23.7 Å². The van der Waals surface area contributed by atoms with Gasteiger partial charge in [-0.2, -0.15) is 0 Å². The fraction of sp³-hybridized carbons (Fsp3) is 1.00. The van der Waals surface area contributed by atoms with Crippen molar-refractivity contribution in [2.45, 2.75) is 63.6 Å². The van der Waals surface area contributed by atoms with Crippen LogP contribution in [0.15, 0.2) is 0 Å². The van der Waals surface area contributed by atoms with E-state index in [0.717, 1.165) is 38.5 Å². The first-order valence-electron chi connectivity index (χ1n) is 8.53. The first kappa shape index (κ1) is 17.5. The molecular weight excluding hydrogens is 374 g/mol. The fourth-order valence-corrected chi connectivity index (χ4v) is 10.4. The van der Waals surface area contributed by atoms with Crippen molar-refractivity contribution in [3.8, 4) is 0 Å². The SMILES string of the molecule is OP(=S)(OC1CC2CCC1C2)OP(O)(=S)OC1CC2CCC1C2. The lowest BCUT2D eigenvalue weighted by Gasteiger charge is -2.30. The summed E-state index contributed by atoms with van der Waals surface area (Å²) in [5, 5.41) is 0. The van der Waals surface area contributed by atoms with Gasteiger partial charge in [-0.1, -0.05) is 0 Å². The number of fused-ring (bicyclic) bond motifs is 4. The van der Waals surface area contributed by atoms with Gasteiger partial charge in [0.1, 0.15) is 0 Å². The van der Waals surface area contributed by atoms with Crippen molar-refractivity contribution < 1.29 is 23.1 Å².